The van der Waals surface area contributed by atoms with Gasteiger partial charge in [-0.1, -0.05) is 43.3 Å². The van der Waals surface area contributed by atoms with E-state index in [1.165, 1.54) is 12.2 Å². The van der Waals surface area contributed by atoms with Gasteiger partial charge in [0.15, 0.2) is 0 Å². The lowest BCUT2D eigenvalue weighted by Gasteiger charge is -2.25. The molecule has 0 aromatic heterocycles. The van der Waals surface area contributed by atoms with Gasteiger partial charge in [0.2, 0.25) is 5.91 Å². The third-order valence-corrected chi connectivity index (χ3v) is 3.59. The number of hydroxylamine groups is 2. The van der Waals surface area contributed by atoms with Crippen LogP contribution >= 0.6 is 0 Å². The van der Waals surface area contributed by atoms with Crippen LogP contribution in [0.3, 0.4) is 0 Å². The predicted octanol–water partition coefficient (Wildman–Crippen LogP) is 3.05. The number of carbonyl (C=O) groups is 1. The van der Waals surface area contributed by atoms with Crippen molar-refractivity contribution >= 4 is 5.91 Å². The van der Waals surface area contributed by atoms with Gasteiger partial charge in [-0.3, -0.25) is 9.63 Å². The molecule has 0 radical (unpaired) electrons. The normalized spacial score (nSPS) is 13.5. The summed E-state index contributed by atoms with van der Waals surface area (Å²) in [7, 11) is 3.10. The fourth-order valence-corrected chi connectivity index (χ4v) is 2.11. The van der Waals surface area contributed by atoms with Crippen molar-refractivity contribution in [3.8, 4) is 0 Å². The van der Waals surface area contributed by atoms with Crippen LogP contribution in [0.1, 0.15) is 18.9 Å². The minimum absolute atomic E-state index is 0.0485. The summed E-state index contributed by atoms with van der Waals surface area (Å²) in [4.78, 5) is 17.1. The van der Waals surface area contributed by atoms with Crippen molar-refractivity contribution in [2.75, 3.05) is 20.8 Å². The Bertz CT molecular complexity index is 433. The molecule has 1 amide bonds. The van der Waals surface area contributed by atoms with Crippen molar-refractivity contribution in [2.45, 2.75) is 20.0 Å². The Morgan fingerprint density at radius 1 is 1.38 bits per heavy atom. The van der Waals surface area contributed by atoms with Crippen LogP contribution in [0.5, 0.6) is 0 Å². The average molecular weight is 291 g/mol. The lowest BCUT2D eigenvalue weighted by Crippen LogP contribution is -2.35. The molecule has 0 N–H and O–H groups in total. The summed E-state index contributed by atoms with van der Waals surface area (Å²) < 4.78 is 5.76. The molecule has 0 aliphatic carbocycles. The Kier molecular flexibility index (Phi) is 7.72. The Morgan fingerprint density at radius 2 is 2.05 bits per heavy atom. The standard InChI is InChI=1S/C17H25NO3/c1-5-9-16(14(2)17(19)18(3)20-4)13-21-12-15-10-7-6-8-11-15/h5-8,10-11,14,16H,1,9,12-13H2,2-4H3/t14-,16-/m1/s1. The molecular weight excluding hydrogens is 266 g/mol. The van der Waals surface area contributed by atoms with E-state index in [1.54, 1.807) is 7.05 Å². The van der Waals surface area contributed by atoms with Crippen LogP contribution in [0.4, 0.5) is 0 Å². The van der Waals surface area contributed by atoms with Gasteiger partial charge in [-0.15, -0.1) is 6.58 Å². The van der Waals surface area contributed by atoms with E-state index in [0.29, 0.717) is 13.2 Å². The highest BCUT2D eigenvalue weighted by Gasteiger charge is 2.26. The molecule has 4 nitrogen and oxygen atoms in total. The van der Waals surface area contributed by atoms with Crippen LogP contribution in [-0.4, -0.2) is 31.7 Å². The van der Waals surface area contributed by atoms with Crippen molar-refractivity contribution in [1.29, 1.82) is 0 Å². The second kappa shape index (κ2) is 9.32. The molecular formula is C17H25NO3. The molecule has 0 unspecified atom stereocenters. The van der Waals surface area contributed by atoms with Gasteiger partial charge < -0.3 is 4.74 Å². The Balaban J connectivity index is 2.52. The van der Waals surface area contributed by atoms with E-state index in [-0.39, 0.29) is 17.7 Å². The molecule has 4 heteroatoms. The lowest BCUT2D eigenvalue weighted by atomic mass is 9.91. The minimum Gasteiger partial charge on any atom is -0.376 e. The van der Waals surface area contributed by atoms with E-state index in [4.69, 9.17) is 9.57 Å². The second-order valence-electron chi connectivity index (χ2n) is 5.09. The summed E-state index contributed by atoms with van der Waals surface area (Å²) in [6.07, 6.45) is 2.56. The van der Waals surface area contributed by atoms with Crippen molar-refractivity contribution in [2.24, 2.45) is 11.8 Å². The van der Waals surface area contributed by atoms with Crippen LogP contribution in [0.25, 0.3) is 0 Å². The second-order valence-corrected chi connectivity index (χ2v) is 5.09. The van der Waals surface area contributed by atoms with Crippen LogP contribution in [0.15, 0.2) is 43.0 Å². The molecule has 1 aromatic carbocycles. The number of hydrogen-bond donors (Lipinski definition) is 0. The smallest absolute Gasteiger partial charge is 0.249 e. The van der Waals surface area contributed by atoms with Crippen LogP contribution in [-0.2, 0) is 21.0 Å². The van der Waals surface area contributed by atoms with Crippen molar-refractivity contribution in [1.82, 2.24) is 5.06 Å². The van der Waals surface area contributed by atoms with E-state index >= 15 is 0 Å². The third-order valence-electron chi connectivity index (χ3n) is 3.59. The topological polar surface area (TPSA) is 38.8 Å². The van der Waals surface area contributed by atoms with Crippen LogP contribution < -0.4 is 0 Å². The first-order valence-electron chi connectivity index (χ1n) is 7.14. The molecule has 0 heterocycles. The molecule has 1 aromatic rings. The highest BCUT2D eigenvalue weighted by atomic mass is 16.7. The highest BCUT2D eigenvalue weighted by Crippen LogP contribution is 2.19. The van der Waals surface area contributed by atoms with Gasteiger partial charge in [-0.2, -0.15) is 0 Å². The molecule has 0 spiro atoms. The molecule has 0 saturated carbocycles. The maximum Gasteiger partial charge on any atom is 0.249 e. The predicted molar refractivity (Wildman–Crippen MR) is 83.3 cm³/mol. The van der Waals surface area contributed by atoms with E-state index in [9.17, 15) is 4.79 Å². The zero-order valence-electron chi connectivity index (χ0n) is 13.1. The monoisotopic (exact) mass is 291 g/mol. The maximum atomic E-state index is 12.1. The number of hydrogen-bond acceptors (Lipinski definition) is 3. The number of nitrogens with zero attached hydrogens (tertiary/aromatic N) is 1. The van der Waals surface area contributed by atoms with E-state index < -0.39 is 0 Å². The fourth-order valence-electron chi connectivity index (χ4n) is 2.11. The zero-order valence-corrected chi connectivity index (χ0v) is 13.1. The van der Waals surface area contributed by atoms with E-state index in [0.717, 1.165) is 12.0 Å². The van der Waals surface area contributed by atoms with Gasteiger partial charge in [-0.05, 0) is 17.9 Å². The Labute approximate surface area is 127 Å². The van der Waals surface area contributed by atoms with Crippen molar-refractivity contribution in [3.05, 3.63) is 48.6 Å². The molecule has 116 valence electrons. The molecule has 21 heavy (non-hydrogen) atoms. The molecule has 0 aliphatic rings. The summed E-state index contributed by atoms with van der Waals surface area (Å²) >= 11 is 0. The molecule has 0 bridgehead atoms. The SMILES string of the molecule is C=CC[C@H](COCc1ccccc1)[C@@H](C)C(=O)N(C)OC. The summed E-state index contributed by atoms with van der Waals surface area (Å²) in [5.74, 6) is -0.132. The van der Waals surface area contributed by atoms with Crippen LogP contribution in [0.2, 0.25) is 0 Å². The average Bonchev–Trinajstić information content (AvgIpc) is 2.53. The van der Waals surface area contributed by atoms with E-state index in [2.05, 4.69) is 6.58 Å². The molecule has 0 aliphatic heterocycles. The van der Waals surface area contributed by atoms with Gasteiger partial charge in [-0.25, -0.2) is 5.06 Å². The Morgan fingerprint density at radius 3 is 2.62 bits per heavy atom. The van der Waals surface area contributed by atoms with Gasteiger partial charge in [0.1, 0.15) is 0 Å². The van der Waals surface area contributed by atoms with Gasteiger partial charge >= 0.3 is 0 Å². The van der Waals surface area contributed by atoms with Crippen LogP contribution in [0, 0.1) is 11.8 Å². The summed E-state index contributed by atoms with van der Waals surface area (Å²) in [6, 6.07) is 10.00. The quantitative estimate of drug-likeness (QED) is 0.518. The molecule has 0 saturated heterocycles. The molecule has 1 rings (SSSR count). The first-order chi connectivity index (χ1) is 10.1. The third kappa shape index (κ3) is 5.69. The zero-order chi connectivity index (χ0) is 15.7. The number of ether oxygens (including phenoxy) is 1. The number of allylic oxidation sites excluding steroid dienone is 1. The van der Waals surface area contributed by atoms with E-state index in [1.807, 2.05) is 43.3 Å². The summed E-state index contributed by atoms with van der Waals surface area (Å²) in [5.41, 5.74) is 1.13. The van der Waals surface area contributed by atoms with Gasteiger partial charge in [0.25, 0.3) is 0 Å². The number of benzene rings is 1. The molecule has 2 atom stereocenters. The lowest BCUT2D eigenvalue weighted by molar-refractivity contribution is -0.175. The fraction of sp³-hybridized carbons (Fsp3) is 0.471. The summed E-state index contributed by atoms with van der Waals surface area (Å²) in [6.45, 7) is 6.73. The number of carbonyl (C=O) groups excluding carboxylic acids is 1. The largest absolute Gasteiger partial charge is 0.376 e. The van der Waals surface area contributed by atoms with Gasteiger partial charge in [0, 0.05) is 13.0 Å². The number of amides is 1. The highest BCUT2D eigenvalue weighted by molar-refractivity contribution is 5.77. The van der Waals surface area contributed by atoms with Gasteiger partial charge in [0.05, 0.1) is 20.3 Å². The number of rotatable bonds is 9. The van der Waals surface area contributed by atoms with Crippen molar-refractivity contribution in [3.63, 3.8) is 0 Å². The Hall–Kier alpha value is -1.65. The summed E-state index contributed by atoms with van der Waals surface area (Å²) in [5, 5.41) is 1.26. The molecule has 0 fully saturated rings. The maximum absolute atomic E-state index is 12.1. The first kappa shape index (κ1) is 17.4. The first-order valence-corrected chi connectivity index (χ1v) is 7.14. The van der Waals surface area contributed by atoms with Crippen molar-refractivity contribution < 1.29 is 14.4 Å². The minimum atomic E-state index is -0.177.